The van der Waals surface area contributed by atoms with Crippen molar-refractivity contribution in [1.82, 2.24) is 10.6 Å². The van der Waals surface area contributed by atoms with E-state index in [-0.39, 0.29) is 17.7 Å². The predicted molar refractivity (Wildman–Crippen MR) is 105 cm³/mol. The summed E-state index contributed by atoms with van der Waals surface area (Å²) in [6.45, 7) is 7.22. The Bertz CT molecular complexity index is 642. The minimum atomic E-state index is -0.164. The fourth-order valence-electron chi connectivity index (χ4n) is 3.82. The largest absolute Gasteiger partial charge is 0.497 e. The number of amides is 2. The quantitative estimate of drug-likeness (QED) is 0.797. The van der Waals surface area contributed by atoms with Crippen LogP contribution in [-0.2, 0) is 4.74 Å². The van der Waals surface area contributed by atoms with E-state index in [0.717, 1.165) is 49.7 Å². The van der Waals surface area contributed by atoms with Gasteiger partial charge < -0.3 is 29.7 Å². The van der Waals surface area contributed by atoms with Gasteiger partial charge >= 0.3 is 6.03 Å². The highest BCUT2D eigenvalue weighted by molar-refractivity contribution is 5.74. The first kappa shape index (κ1) is 19.6. The van der Waals surface area contributed by atoms with Crippen molar-refractivity contribution < 1.29 is 19.0 Å². The van der Waals surface area contributed by atoms with E-state index in [0.29, 0.717) is 12.5 Å². The van der Waals surface area contributed by atoms with Crippen LogP contribution in [0.2, 0.25) is 0 Å². The highest BCUT2D eigenvalue weighted by atomic mass is 16.5. The maximum Gasteiger partial charge on any atom is 0.315 e. The van der Waals surface area contributed by atoms with Crippen LogP contribution in [0.4, 0.5) is 10.5 Å². The number of methoxy groups -OCH3 is 2. The van der Waals surface area contributed by atoms with Gasteiger partial charge in [0.25, 0.3) is 0 Å². The van der Waals surface area contributed by atoms with Crippen LogP contribution in [0.25, 0.3) is 0 Å². The Hall–Kier alpha value is -2.15. The molecule has 2 amide bonds. The highest BCUT2D eigenvalue weighted by Gasteiger charge is 2.35. The summed E-state index contributed by atoms with van der Waals surface area (Å²) in [5.41, 5.74) is 0.879. The summed E-state index contributed by atoms with van der Waals surface area (Å²) in [6, 6.07) is 5.86. The highest BCUT2D eigenvalue weighted by Crippen LogP contribution is 2.31. The van der Waals surface area contributed by atoms with Crippen molar-refractivity contribution in [3.63, 3.8) is 0 Å². The van der Waals surface area contributed by atoms with Crippen LogP contribution in [-0.4, -0.2) is 58.1 Å². The molecule has 0 aromatic heterocycles. The zero-order chi connectivity index (χ0) is 19.4. The number of nitrogens with one attached hydrogen (secondary N) is 2. The van der Waals surface area contributed by atoms with Crippen molar-refractivity contribution >= 4 is 11.7 Å². The van der Waals surface area contributed by atoms with Gasteiger partial charge in [-0.3, -0.25) is 0 Å². The van der Waals surface area contributed by atoms with Crippen LogP contribution in [0.5, 0.6) is 11.5 Å². The number of hydrogen-bond acceptors (Lipinski definition) is 5. The first-order chi connectivity index (χ1) is 12.9. The van der Waals surface area contributed by atoms with Gasteiger partial charge in [-0.15, -0.1) is 0 Å². The van der Waals surface area contributed by atoms with Crippen LogP contribution < -0.4 is 25.0 Å². The number of nitrogens with zero attached hydrogens (tertiary/aromatic N) is 1. The third-order valence-corrected chi connectivity index (χ3v) is 5.66. The van der Waals surface area contributed by atoms with Gasteiger partial charge in [0.05, 0.1) is 19.8 Å². The maximum absolute atomic E-state index is 12.3. The average molecular weight is 377 g/mol. The maximum atomic E-state index is 12.3. The molecule has 0 aliphatic carbocycles. The summed E-state index contributed by atoms with van der Waals surface area (Å²) in [4.78, 5) is 14.5. The van der Waals surface area contributed by atoms with E-state index in [1.807, 2.05) is 18.2 Å². The Balaban J connectivity index is 1.50. The van der Waals surface area contributed by atoms with Crippen LogP contribution in [0, 0.1) is 5.92 Å². The molecule has 2 aliphatic rings. The summed E-state index contributed by atoms with van der Waals surface area (Å²) in [5, 5.41) is 6.10. The van der Waals surface area contributed by atoms with Crippen molar-refractivity contribution in [1.29, 1.82) is 0 Å². The smallest absolute Gasteiger partial charge is 0.315 e. The molecule has 3 rings (SSSR count). The number of ether oxygens (including phenoxy) is 3. The van der Waals surface area contributed by atoms with Crippen LogP contribution in [0.3, 0.4) is 0 Å². The average Bonchev–Trinajstić information content (AvgIpc) is 3.25. The molecule has 0 saturated carbocycles. The Kier molecular flexibility index (Phi) is 5.99. The molecule has 2 unspecified atom stereocenters. The molecule has 2 N–H and O–H groups in total. The molecule has 7 nitrogen and oxygen atoms in total. The first-order valence-corrected chi connectivity index (χ1v) is 9.57. The second-order valence-corrected chi connectivity index (χ2v) is 7.79. The predicted octanol–water partition coefficient (Wildman–Crippen LogP) is 2.40. The van der Waals surface area contributed by atoms with Crippen molar-refractivity contribution in [2.75, 3.05) is 45.4 Å². The first-order valence-electron chi connectivity index (χ1n) is 9.57. The molecule has 2 fully saturated rings. The molecule has 0 radical (unpaired) electrons. The lowest BCUT2D eigenvalue weighted by molar-refractivity contribution is 0.0120. The summed E-state index contributed by atoms with van der Waals surface area (Å²) in [7, 11) is 3.29. The second kappa shape index (κ2) is 8.25. The Morgan fingerprint density at radius 1 is 1.22 bits per heavy atom. The Labute approximate surface area is 161 Å². The zero-order valence-electron chi connectivity index (χ0n) is 16.7. The molecule has 1 aromatic carbocycles. The lowest BCUT2D eigenvalue weighted by Crippen LogP contribution is -2.46. The van der Waals surface area contributed by atoms with Crippen LogP contribution in [0.1, 0.15) is 26.7 Å². The molecule has 0 spiro atoms. The molecule has 0 bridgehead atoms. The van der Waals surface area contributed by atoms with E-state index in [1.54, 1.807) is 14.2 Å². The Morgan fingerprint density at radius 3 is 2.52 bits per heavy atom. The lowest BCUT2D eigenvalue weighted by atomic mass is 9.91. The molecule has 7 heteroatoms. The fourth-order valence-corrected chi connectivity index (χ4v) is 3.82. The van der Waals surface area contributed by atoms with E-state index >= 15 is 0 Å². The molecule has 27 heavy (non-hydrogen) atoms. The third kappa shape index (κ3) is 4.77. The van der Waals surface area contributed by atoms with Gasteiger partial charge in [0.15, 0.2) is 0 Å². The lowest BCUT2D eigenvalue weighted by Gasteiger charge is -2.26. The number of carbonyl (C=O) groups is 1. The van der Waals surface area contributed by atoms with E-state index in [4.69, 9.17) is 14.2 Å². The van der Waals surface area contributed by atoms with Crippen molar-refractivity contribution in [2.45, 2.75) is 38.3 Å². The number of anilines is 1. The SMILES string of the molecule is COc1cc(OC)cc(N2CCC(NC(=O)NCC3CCOC3(C)C)C2)c1. The molecule has 1 aromatic rings. The summed E-state index contributed by atoms with van der Waals surface area (Å²) >= 11 is 0. The number of urea groups is 1. The zero-order valence-corrected chi connectivity index (χ0v) is 16.7. The monoisotopic (exact) mass is 377 g/mol. The normalized spacial score (nSPS) is 23.9. The van der Waals surface area contributed by atoms with Gasteiger partial charge in [0.2, 0.25) is 0 Å². The van der Waals surface area contributed by atoms with E-state index in [9.17, 15) is 4.79 Å². The number of rotatable bonds is 6. The van der Waals surface area contributed by atoms with Crippen LogP contribution in [0.15, 0.2) is 18.2 Å². The standard InChI is InChI=1S/C20H31N3O4/c1-20(2)14(6-8-27-20)12-21-19(24)22-15-5-7-23(13-15)16-9-17(25-3)11-18(10-16)26-4/h9-11,14-15H,5-8,12-13H2,1-4H3,(H2,21,22,24). The number of benzene rings is 1. The van der Waals surface area contributed by atoms with Gasteiger partial charge in [0, 0.05) is 62.1 Å². The van der Waals surface area contributed by atoms with E-state index in [1.165, 1.54) is 0 Å². The summed E-state index contributed by atoms with van der Waals surface area (Å²) in [6.07, 6.45) is 1.90. The summed E-state index contributed by atoms with van der Waals surface area (Å²) in [5.74, 6) is 1.88. The second-order valence-electron chi connectivity index (χ2n) is 7.79. The molecule has 2 aliphatic heterocycles. The van der Waals surface area contributed by atoms with Gasteiger partial charge in [-0.1, -0.05) is 0 Å². The van der Waals surface area contributed by atoms with Crippen molar-refractivity contribution in [3.05, 3.63) is 18.2 Å². The minimum Gasteiger partial charge on any atom is -0.497 e. The van der Waals surface area contributed by atoms with Crippen LogP contribution >= 0.6 is 0 Å². The summed E-state index contributed by atoms with van der Waals surface area (Å²) < 4.78 is 16.4. The van der Waals surface area contributed by atoms with E-state index in [2.05, 4.69) is 29.4 Å². The third-order valence-electron chi connectivity index (χ3n) is 5.66. The van der Waals surface area contributed by atoms with E-state index < -0.39 is 0 Å². The minimum absolute atomic E-state index is 0.104. The molecule has 2 heterocycles. The van der Waals surface area contributed by atoms with Gasteiger partial charge in [-0.25, -0.2) is 4.79 Å². The Morgan fingerprint density at radius 2 is 1.93 bits per heavy atom. The topological polar surface area (TPSA) is 72.1 Å². The molecular weight excluding hydrogens is 346 g/mol. The molecule has 150 valence electrons. The van der Waals surface area contributed by atoms with Gasteiger partial charge in [0.1, 0.15) is 11.5 Å². The molecule has 2 atom stereocenters. The van der Waals surface area contributed by atoms with Crippen molar-refractivity contribution in [2.24, 2.45) is 5.92 Å². The van der Waals surface area contributed by atoms with Gasteiger partial charge in [-0.05, 0) is 26.7 Å². The molecular formula is C20H31N3O4. The van der Waals surface area contributed by atoms with Crippen molar-refractivity contribution in [3.8, 4) is 11.5 Å². The molecule has 2 saturated heterocycles. The fraction of sp³-hybridized carbons (Fsp3) is 0.650. The number of carbonyl (C=O) groups excluding carboxylic acids is 1. The number of hydrogen-bond donors (Lipinski definition) is 2. The van der Waals surface area contributed by atoms with Gasteiger partial charge in [-0.2, -0.15) is 0 Å².